The minimum atomic E-state index is -0.763. The summed E-state index contributed by atoms with van der Waals surface area (Å²) in [5, 5.41) is 0. The summed E-state index contributed by atoms with van der Waals surface area (Å²) in [6.07, 6.45) is -0.577. The molecule has 4 rings (SSSR count). The van der Waals surface area contributed by atoms with Gasteiger partial charge in [0.15, 0.2) is 23.9 Å². The number of hydrogen-bond donors (Lipinski definition) is 0. The first-order chi connectivity index (χ1) is 15.0. The Balaban J connectivity index is 1.33. The normalized spacial score (nSPS) is 15.5. The third-order valence-corrected chi connectivity index (χ3v) is 5.02. The number of nitrogens with zero attached hydrogens (tertiary/aromatic N) is 1. The van der Waals surface area contributed by atoms with Crippen LogP contribution >= 0.6 is 0 Å². The molecule has 2 heterocycles. The summed E-state index contributed by atoms with van der Waals surface area (Å²) in [7, 11) is 0. The van der Waals surface area contributed by atoms with Crippen molar-refractivity contribution in [3.05, 3.63) is 58.5 Å². The minimum Gasteiger partial charge on any atom is -0.452 e. The molecule has 8 nitrogen and oxygen atoms in total. The Kier molecular flexibility index (Phi) is 6.07. The smallest absolute Gasteiger partial charge is 0.314 e. The molecule has 0 atom stereocenters. The van der Waals surface area contributed by atoms with Crippen LogP contribution in [0.25, 0.3) is 0 Å². The standard InChI is InChI=1S/C23H19NO7/c25-18(14-20(26)30-10-4-3-7-24-8-11-29-12-9-24)19-13-17-21(27)15-5-1-2-6-16(15)22(28)23(17)31-19/h1-2,5-6,13H,7-12,14H2. The third kappa shape index (κ3) is 4.48. The van der Waals surface area contributed by atoms with Crippen molar-refractivity contribution in [2.24, 2.45) is 0 Å². The highest BCUT2D eigenvalue weighted by Gasteiger charge is 2.34. The van der Waals surface area contributed by atoms with Gasteiger partial charge in [0.05, 0.1) is 25.3 Å². The Morgan fingerprint density at radius 1 is 1.00 bits per heavy atom. The number of furan rings is 1. The lowest BCUT2D eigenvalue weighted by Gasteiger charge is -2.24. The number of hydrogen-bond acceptors (Lipinski definition) is 8. The van der Waals surface area contributed by atoms with E-state index in [0.717, 1.165) is 13.1 Å². The average molecular weight is 421 g/mol. The van der Waals surface area contributed by atoms with Crippen LogP contribution in [0.15, 0.2) is 34.7 Å². The van der Waals surface area contributed by atoms with Crippen molar-refractivity contribution in [3.63, 3.8) is 0 Å². The molecule has 0 saturated carbocycles. The fourth-order valence-electron chi connectivity index (χ4n) is 3.38. The number of benzene rings is 1. The number of carbonyl (C=O) groups is 4. The molecule has 1 aliphatic heterocycles. The fourth-order valence-corrected chi connectivity index (χ4v) is 3.38. The number of fused-ring (bicyclic) bond motifs is 2. The molecule has 0 amide bonds. The molecule has 0 bridgehead atoms. The highest BCUT2D eigenvalue weighted by atomic mass is 16.5. The van der Waals surface area contributed by atoms with Crippen LogP contribution in [0.5, 0.6) is 0 Å². The Hall–Kier alpha value is -3.54. The van der Waals surface area contributed by atoms with Gasteiger partial charge in [0, 0.05) is 24.2 Å². The number of carbonyl (C=O) groups excluding carboxylic acids is 4. The largest absolute Gasteiger partial charge is 0.452 e. The zero-order valence-corrected chi connectivity index (χ0v) is 16.6. The predicted molar refractivity (Wildman–Crippen MR) is 107 cm³/mol. The van der Waals surface area contributed by atoms with Crippen LogP contribution in [0.2, 0.25) is 0 Å². The molecule has 0 unspecified atom stereocenters. The predicted octanol–water partition coefficient (Wildman–Crippen LogP) is 1.51. The van der Waals surface area contributed by atoms with Crippen LogP contribution in [-0.2, 0) is 14.3 Å². The Morgan fingerprint density at radius 3 is 2.45 bits per heavy atom. The molecule has 31 heavy (non-hydrogen) atoms. The van der Waals surface area contributed by atoms with Crippen LogP contribution in [0.1, 0.15) is 49.0 Å². The minimum absolute atomic E-state index is 0.0226. The first-order valence-electron chi connectivity index (χ1n) is 9.81. The van der Waals surface area contributed by atoms with Gasteiger partial charge in [-0.15, -0.1) is 0 Å². The first-order valence-corrected chi connectivity index (χ1v) is 9.81. The van der Waals surface area contributed by atoms with Crippen LogP contribution in [0.4, 0.5) is 0 Å². The van der Waals surface area contributed by atoms with Gasteiger partial charge in [0.2, 0.25) is 11.6 Å². The second-order valence-corrected chi connectivity index (χ2v) is 7.06. The van der Waals surface area contributed by atoms with E-state index in [2.05, 4.69) is 16.7 Å². The lowest BCUT2D eigenvalue weighted by molar-refractivity contribution is -0.141. The summed E-state index contributed by atoms with van der Waals surface area (Å²) >= 11 is 0. The van der Waals surface area contributed by atoms with E-state index in [1.165, 1.54) is 12.1 Å². The van der Waals surface area contributed by atoms with E-state index in [4.69, 9.17) is 13.9 Å². The molecule has 8 heteroatoms. The van der Waals surface area contributed by atoms with Gasteiger partial charge in [0.25, 0.3) is 0 Å². The second-order valence-electron chi connectivity index (χ2n) is 7.06. The van der Waals surface area contributed by atoms with Crippen molar-refractivity contribution >= 4 is 23.3 Å². The van der Waals surface area contributed by atoms with E-state index in [1.54, 1.807) is 18.2 Å². The van der Waals surface area contributed by atoms with Gasteiger partial charge in [-0.05, 0) is 6.07 Å². The fraction of sp³-hybridized carbons (Fsp3) is 0.304. The topological polar surface area (TPSA) is 103 Å². The van der Waals surface area contributed by atoms with Crippen molar-refractivity contribution in [2.75, 3.05) is 39.5 Å². The molecule has 2 aromatic rings. The Labute approximate surface area is 178 Å². The van der Waals surface area contributed by atoms with E-state index < -0.39 is 29.7 Å². The lowest BCUT2D eigenvalue weighted by atomic mass is 9.88. The maximum absolute atomic E-state index is 12.6. The molecule has 0 radical (unpaired) electrons. The van der Waals surface area contributed by atoms with Crippen molar-refractivity contribution in [3.8, 4) is 11.8 Å². The average Bonchev–Trinajstić information content (AvgIpc) is 3.24. The molecule has 1 aromatic heterocycles. The van der Waals surface area contributed by atoms with Gasteiger partial charge in [-0.2, -0.15) is 0 Å². The number of ketones is 3. The van der Waals surface area contributed by atoms with E-state index >= 15 is 0 Å². The number of ether oxygens (including phenoxy) is 2. The molecule has 2 aliphatic rings. The van der Waals surface area contributed by atoms with Crippen LogP contribution < -0.4 is 0 Å². The second kappa shape index (κ2) is 9.08. The van der Waals surface area contributed by atoms with E-state index in [0.29, 0.717) is 19.8 Å². The Bertz CT molecular complexity index is 1060. The summed E-state index contributed by atoms with van der Waals surface area (Å²) in [6, 6.07) is 7.58. The molecular formula is C23H19NO7. The zero-order valence-electron chi connectivity index (χ0n) is 16.6. The van der Waals surface area contributed by atoms with Gasteiger partial charge in [-0.3, -0.25) is 24.1 Å². The molecular weight excluding hydrogens is 402 g/mol. The first kappa shape index (κ1) is 20.7. The van der Waals surface area contributed by atoms with Crippen LogP contribution in [0.3, 0.4) is 0 Å². The third-order valence-electron chi connectivity index (χ3n) is 5.02. The van der Waals surface area contributed by atoms with Crippen LogP contribution in [-0.4, -0.2) is 67.7 Å². The molecule has 1 aromatic carbocycles. The summed E-state index contributed by atoms with van der Waals surface area (Å²) in [5.74, 6) is 2.93. The van der Waals surface area contributed by atoms with Gasteiger partial charge < -0.3 is 13.9 Å². The molecule has 1 fully saturated rings. The van der Waals surface area contributed by atoms with Gasteiger partial charge in [0.1, 0.15) is 6.42 Å². The van der Waals surface area contributed by atoms with Gasteiger partial charge in [-0.25, -0.2) is 0 Å². The van der Waals surface area contributed by atoms with E-state index in [1.807, 2.05) is 0 Å². The molecule has 1 aliphatic carbocycles. The van der Waals surface area contributed by atoms with Gasteiger partial charge >= 0.3 is 5.97 Å². The molecule has 158 valence electrons. The van der Waals surface area contributed by atoms with Crippen molar-refractivity contribution in [1.29, 1.82) is 0 Å². The quantitative estimate of drug-likeness (QED) is 0.264. The number of Topliss-reactive ketones (excluding diaryl/α,β-unsaturated/α-hetero) is 1. The summed E-state index contributed by atoms with van der Waals surface area (Å²) in [4.78, 5) is 51.6. The zero-order chi connectivity index (χ0) is 21.8. The summed E-state index contributed by atoms with van der Waals surface area (Å²) in [6.45, 7) is 3.41. The monoisotopic (exact) mass is 421 g/mol. The molecule has 1 saturated heterocycles. The highest BCUT2D eigenvalue weighted by Crippen LogP contribution is 2.30. The maximum Gasteiger partial charge on any atom is 0.314 e. The molecule has 0 spiro atoms. The van der Waals surface area contributed by atoms with E-state index in [9.17, 15) is 19.2 Å². The van der Waals surface area contributed by atoms with E-state index in [-0.39, 0.29) is 34.8 Å². The Morgan fingerprint density at radius 2 is 1.71 bits per heavy atom. The van der Waals surface area contributed by atoms with Crippen molar-refractivity contribution < 1.29 is 33.1 Å². The van der Waals surface area contributed by atoms with Gasteiger partial charge in [-0.1, -0.05) is 36.1 Å². The number of morpholine rings is 1. The molecule has 0 N–H and O–H groups in total. The van der Waals surface area contributed by atoms with Crippen LogP contribution in [0, 0.1) is 11.8 Å². The highest BCUT2D eigenvalue weighted by molar-refractivity contribution is 6.28. The summed E-state index contributed by atoms with van der Waals surface area (Å²) < 4.78 is 15.6. The maximum atomic E-state index is 12.6. The number of rotatable bonds is 5. The van der Waals surface area contributed by atoms with Crippen molar-refractivity contribution in [2.45, 2.75) is 6.42 Å². The lowest BCUT2D eigenvalue weighted by Crippen LogP contribution is -2.36. The SMILES string of the molecule is O=C(CC(=O)c1cc2c(o1)C(=O)c1ccccc1C2=O)OCC#CCN1CCOCC1. The number of esters is 1. The van der Waals surface area contributed by atoms with Crippen molar-refractivity contribution in [1.82, 2.24) is 4.90 Å². The summed E-state index contributed by atoms with van der Waals surface area (Å²) in [5.41, 5.74) is 0.507.